The lowest BCUT2D eigenvalue weighted by Gasteiger charge is -2.32. The van der Waals surface area contributed by atoms with Gasteiger partial charge in [0.05, 0.1) is 10.5 Å². The van der Waals surface area contributed by atoms with Gasteiger partial charge in [-0.05, 0) is 49.6 Å². The number of aromatic carboxylic acids is 1. The summed E-state index contributed by atoms with van der Waals surface area (Å²) < 4.78 is 27.4. The molecule has 1 aromatic rings. The molecule has 0 amide bonds. The lowest BCUT2D eigenvalue weighted by atomic mass is 10.1. The summed E-state index contributed by atoms with van der Waals surface area (Å²) in [4.78, 5) is 13.6. The molecule has 2 aliphatic rings. The number of sulfonamides is 1. The van der Waals surface area contributed by atoms with E-state index < -0.39 is 16.0 Å². The van der Waals surface area contributed by atoms with Crippen molar-refractivity contribution in [2.45, 2.75) is 24.2 Å². The number of halogens is 1. The number of carboxylic acid groups (broad SMARTS) is 1. The third kappa shape index (κ3) is 3.38. The number of carboxylic acids is 1. The van der Waals surface area contributed by atoms with Crippen LogP contribution in [0.4, 0.5) is 0 Å². The van der Waals surface area contributed by atoms with E-state index in [1.54, 1.807) is 6.07 Å². The predicted octanol–water partition coefficient (Wildman–Crippen LogP) is 1.23. The Hall–Kier alpha value is -1.15. The molecule has 1 aliphatic heterocycles. The normalized spacial score (nSPS) is 19.2. The number of nitrogens with zero attached hydrogens (tertiary/aromatic N) is 2. The highest BCUT2D eigenvalue weighted by Crippen LogP contribution is 2.32. The van der Waals surface area contributed by atoms with Crippen molar-refractivity contribution >= 4 is 28.4 Å². The third-order valence-corrected chi connectivity index (χ3v) is 6.47. The van der Waals surface area contributed by atoms with E-state index in [1.165, 1.54) is 10.4 Å². The number of benzene rings is 1. The van der Waals surface area contributed by atoms with Crippen LogP contribution >= 0.6 is 12.4 Å². The molecule has 0 radical (unpaired) electrons. The molecule has 1 saturated heterocycles. The molecule has 0 saturated carbocycles. The Bertz CT molecular complexity index is 712. The Morgan fingerprint density at radius 1 is 1.13 bits per heavy atom. The lowest BCUT2D eigenvalue weighted by Crippen LogP contribution is -2.47. The fraction of sp³-hybridized carbons (Fsp3) is 0.533. The van der Waals surface area contributed by atoms with Gasteiger partial charge in [0.1, 0.15) is 0 Å². The van der Waals surface area contributed by atoms with Crippen molar-refractivity contribution in [1.29, 1.82) is 0 Å². The van der Waals surface area contributed by atoms with Crippen molar-refractivity contribution in [2.24, 2.45) is 0 Å². The van der Waals surface area contributed by atoms with E-state index in [2.05, 4.69) is 4.90 Å². The Balaban J connectivity index is 0.00000192. The standard InChI is InChI=1S/C15H20N2O4S.ClH/c1-16-5-7-17(8-6-16)22(20,21)14-10-12(15(18)19)9-11-3-2-4-13(11)14;/h9-10H,2-8H2,1H3,(H,18,19);1H. The van der Waals surface area contributed by atoms with Gasteiger partial charge in [-0.15, -0.1) is 12.4 Å². The van der Waals surface area contributed by atoms with E-state index in [0.717, 1.165) is 24.0 Å². The average molecular weight is 361 g/mol. The van der Waals surface area contributed by atoms with Crippen LogP contribution in [0.2, 0.25) is 0 Å². The van der Waals surface area contributed by atoms with Gasteiger partial charge in [0, 0.05) is 26.2 Å². The first-order valence-corrected chi connectivity index (χ1v) is 8.91. The second-order valence-electron chi connectivity index (χ2n) is 5.98. The first kappa shape index (κ1) is 18.2. The highest BCUT2D eigenvalue weighted by molar-refractivity contribution is 7.89. The summed E-state index contributed by atoms with van der Waals surface area (Å²) >= 11 is 0. The number of piperazine rings is 1. The second kappa shape index (κ2) is 6.76. The first-order chi connectivity index (χ1) is 10.4. The van der Waals surface area contributed by atoms with E-state index in [1.807, 2.05) is 7.05 Å². The molecule has 1 aromatic carbocycles. The summed E-state index contributed by atoms with van der Waals surface area (Å²) in [6.07, 6.45) is 2.34. The Labute approximate surface area is 142 Å². The molecule has 0 unspecified atom stereocenters. The summed E-state index contributed by atoms with van der Waals surface area (Å²) in [7, 11) is -1.66. The molecule has 0 atom stereocenters. The molecule has 23 heavy (non-hydrogen) atoms. The molecular formula is C15H21ClN2O4S. The van der Waals surface area contributed by atoms with E-state index >= 15 is 0 Å². The molecule has 1 heterocycles. The molecule has 1 N–H and O–H groups in total. The molecule has 0 spiro atoms. The summed E-state index contributed by atoms with van der Waals surface area (Å²) in [5.74, 6) is -1.08. The van der Waals surface area contributed by atoms with Crippen molar-refractivity contribution in [3.63, 3.8) is 0 Å². The predicted molar refractivity (Wildman–Crippen MR) is 88.9 cm³/mol. The van der Waals surface area contributed by atoms with Gasteiger partial charge in [-0.25, -0.2) is 13.2 Å². The minimum absolute atomic E-state index is 0. The second-order valence-corrected chi connectivity index (χ2v) is 7.88. The summed E-state index contributed by atoms with van der Waals surface area (Å²) in [6.45, 7) is 2.29. The maximum absolute atomic E-state index is 12.9. The maximum Gasteiger partial charge on any atom is 0.335 e. The molecule has 0 bridgehead atoms. The van der Waals surface area contributed by atoms with Gasteiger partial charge in [-0.1, -0.05) is 0 Å². The van der Waals surface area contributed by atoms with Gasteiger partial charge in [0.15, 0.2) is 0 Å². The van der Waals surface area contributed by atoms with Crippen LogP contribution in [0.25, 0.3) is 0 Å². The summed E-state index contributed by atoms with van der Waals surface area (Å²) in [5.41, 5.74) is 1.74. The van der Waals surface area contributed by atoms with E-state index in [-0.39, 0.29) is 22.9 Å². The SMILES string of the molecule is CN1CCN(S(=O)(=O)c2cc(C(=O)O)cc3c2CCC3)CC1.Cl. The van der Waals surface area contributed by atoms with Gasteiger partial charge < -0.3 is 10.0 Å². The number of hydrogen-bond donors (Lipinski definition) is 1. The van der Waals surface area contributed by atoms with Gasteiger partial charge in [0.2, 0.25) is 10.0 Å². The van der Waals surface area contributed by atoms with Crippen LogP contribution in [-0.4, -0.2) is 61.9 Å². The number of likely N-dealkylation sites (N-methyl/N-ethyl adjacent to an activating group) is 1. The number of carbonyl (C=O) groups is 1. The van der Waals surface area contributed by atoms with Gasteiger partial charge in [0.25, 0.3) is 0 Å². The zero-order valence-electron chi connectivity index (χ0n) is 13.0. The highest BCUT2D eigenvalue weighted by Gasteiger charge is 2.32. The fourth-order valence-corrected chi connectivity index (χ4v) is 4.93. The average Bonchev–Trinajstić information content (AvgIpc) is 2.94. The van der Waals surface area contributed by atoms with Crippen LogP contribution in [0.15, 0.2) is 17.0 Å². The number of rotatable bonds is 3. The Kier molecular flexibility index (Phi) is 5.35. The van der Waals surface area contributed by atoms with E-state index in [9.17, 15) is 18.3 Å². The Morgan fingerprint density at radius 3 is 2.39 bits per heavy atom. The lowest BCUT2D eigenvalue weighted by molar-refractivity contribution is 0.0696. The summed E-state index contributed by atoms with van der Waals surface area (Å²) in [5, 5.41) is 9.24. The van der Waals surface area contributed by atoms with Crippen molar-refractivity contribution < 1.29 is 18.3 Å². The molecule has 8 heteroatoms. The van der Waals surface area contributed by atoms with Crippen molar-refractivity contribution in [2.75, 3.05) is 33.2 Å². The zero-order valence-corrected chi connectivity index (χ0v) is 14.6. The van der Waals surface area contributed by atoms with Gasteiger partial charge in [-0.3, -0.25) is 0 Å². The summed E-state index contributed by atoms with van der Waals surface area (Å²) in [6, 6.07) is 2.95. The molecular weight excluding hydrogens is 340 g/mol. The minimum atomic E-state index is -3.62. The van der Waals surface area contributed by atoms with Crippen LogP contribution in [0.5, 0.6) is 0 Å². The van der Waals surface area contributed by atoms with E-state index in [4.69, 9.17) is 0 Å². The van der Waals surface area contributed by atoms with Crippen LogP contribution in [0.1, 0.15) is 27.9 Å². The number of hydrogen-bond acceptors (Lipinski definition) is 4. The van der Waals surface area contributed by atoms with Crippen LogP contribution in [0.3, 0.4) is 0 Å². The highest BCUT2D eigenvalue weighted by atomic mass is 35.5. The van der Waals surface area contributed by atoms with Crippen LogP contribution in [0, 0.1) is 0 Å². The van der Waals surface area contributed by atoms with Gasteiger partial charge in [-0.2, -0.15) is 4.31 Å². The van der Waals surface area contributed by atoms with Crippen molar-refractivity contribution in [3.8, 4) is 0 Å². The Morgan fingerprint density at radius 2 is 1.78 bits per heavy atom. The quantitative estimate of drug-likeness (QED) is 0.877. The molecule has 1 aliphatic carbocycles. The fourth-order valence-electron chi connectivity index (χ4n) is 3.19. The van der Waals surface area contributed by atoms with Crippen molar-refractivity contribution in [3.05, 3.63) is 28.8 Å². The van der Waals surface area contributed by atoms with Crippen molar-refractivity contribution in [1.82, 2.24) is 9.21 Å². The molecule has 3 rings (SSSR count). The molecule has 1 fully saturated rings. The largest absolute Gasteiger partial charge is 0.478 e. The monoisotopic (exact) mass is 360 g/mol. The zero-order chi connectivity index (χ0) is 15.9. The molecule has 0 aromatic heterocycles. The molecule has 6 nitrogen and oxygen atoms in total. The smallest absolute Gasteiger partial charge is 0.335 e. The minimum Gasteiger partial charge on any atom is -0.478 e. The van der Waals surface area contributed by atoms with Gasteiger partial charge >= 0.3 is 5.97 Å². The number of fused-ring (bicyclic) bond motifs is 1. The topological polar surface area (TPSA) is 77.9 Å². The number of aryl methyl sites for hydroxylation is 1. The first-order valence-electron chi connectivity index (χ1n) is 7.47. The molecule has 128 valence electrons. The van der Waals surface area contributed by atoms with E-state index in [0.29, 0.717) is 32.6 Å². The van der Waals surface area contributed by atoms with Crippen LogP contribution in [-0.2, 0) is 22.9 Å². The van der Waals surface area contributed by atoms with Crippen LogP contribution < -0.4 is 0 Å². The maximum atomic E-state index is 12.9. The third-order valence-electron chi connectivity index (χ3n) is 4.50.